The SMILES string of the molecule is O=[N+]([O-])c1ccc(F)c(NCc2ccsc2)c1. The highest BCUT2D eigenvalue weighted by molar-refractivity contribution is 7.07. The molecule has 0 aliphatic heterocycles. The molecule has 4 nitrogen and oxygen atoms in total. The molecule has 0 aliphatic rings. The topological polar surface area (TPSA) is 55.2 Å². The molecule has 0 saturated heterocycles. The second kappa shape index (κ2) is 4.92. The summed E-state index contributed by atoms with van der Waals surface area (Å²) in [6.07, 6.45) is 0. The molecule has 0 aliphatic carbocycles. The zero-order valence-corrected chi connectivity index (χ0v) is 9.54. The molecule has 0 saturated carbocycles. The number of hydrogen-bond acceptors (Lipinski definition) is 4. The second-order valence-electron chi connectivity index (χ2n) is 3.41. The van der Waals surface area contributed by atoms with Crippen molar-refractivity contribution in [2.75, 3.05) is 5.32 Å². The van der Waals surface area contributed by atoms with Crippen molar-refractivity contribution in [3.8, 4) is 0 Å². The first-order valence-corrected chi connectivity index (χ1v) is 5.80. The summed E-state index contributed by atoms with van der Waals surface area (Å²) in [5, 5.41) is 17.2. The average molecular weight is 252 g/mol. The van der Waals surface area contributed by atoms with Gasteiger partial charge in [0.2, 0.25) is 0 Å². The number of non-ortho nitro benzene ring substituents is 1. The number of halogens is 1. The Bertz CT molecular complexity index is 528. The van der Waals surface area contributed by atoms with Crippen molar-refractivity contribution in [3.63, 3.8) is 0 Å². The van der Waals surface area contributed by atoms with Crippen LogP contribution >= 0.6 is 11.3 Å². The molecule has 0 fully saturated rings. The highest BCUT2D eigenvalue weighted by Gasteiger charge is 2.10. The molecule has 1 aromatic heterocycles. The Morgan fingerprint density at radius 3 is 2.88 bits per heavy atom. The maximum Gasteiger partial charge on any atom is 0.271 e. The van der Waals surface area contributed by atoms with E-state index >= 15 is 0 Å². The molecule has 1 aromatic carbocycles. The van der Waals surface area contributed by atoms with Crippen LogP contribution in [0.4, 0.5) is 15.8 Å². The van der Waals surface area contributed by atoms with Crippen LogP contribution in [0.1, 0.15) is 5.56 Å². The minimum atomic E-state index is -0.546. The van der Waals surface area contributed by atoms with Gasteiger partial charge >= 0.3 is 0 Å². The van der Waals surface area contributed by atoms with Crippen molar-refractivity contribution in [2.45, 2.75) is 6.54 Å². The number of hydrogen-bond donors (Lipinski definition) is 1. The van der Waals surface area contributed by atoms with Crippen LogP contribution in [0.3, 0.4) is 0 Å². The van der Waals surface area contributed by atoms with Crippen LogP contribution in [0.5, 0.6) is 0 Å². The summed E-state index contributed by atoms with van der Waals surface area (Å²) in [5.74, 6) is -0.495. The summed E-state index contributed by atoms with van der Waals surface area (Å²) >= 11 is 1.54. The van der Waals surface area contributed by atoms with E-state index in [0.717, 1.165) is 17.7 Å². The fourth-order valence-electron chi connectivity index (χ4n) is 1.35. The number of nitro benzene ring substituents is 1. The second-order valence-corrected chi connectivity index (χ2v) is 4.19. The molecule has 0 atom stereocenters. The fraction of sp³-hybridized carbons (Fsp3) is 0.0909. The van der Waals surface area contributed by atoms with Gasteiger partial charge in [-0.15, -0.1) is 0 Å². The number of benzene rings is 1. The summed E-state index contributed by atoms with van der Waals surface area (Å²) < 4.78 is 13.4. The molecule has 88 valence electrons. The summed E-state index contributed by atoms with van der Waals surface area (Å²) in [6, 6.07) is 5.34. The highest BCUT2D eigenvalue weighted by atomic mass is 32.1. The van der Waals surface area contributed by atoms with Gasteiger partial charge < -0.3 is 5.32 Å². The predicted molar refractivity (Wildman–Crippen MR) is 64.7 cm³/mol. The summed E-state index contributed by atoms with van der Waals surface area (Å²) in [7, 11) is 0. The zero-order chi connectivity index (χ0) is 12.3. The van der Waals surface area contributed by atoms with E-state index in [4.69, 9.17) is 0 Å². The third-order valence-corrected chi connectivity index (χ3v) is 2.96. The smallest absolute Gasteiger partial charge is 0.271 e. The number of rotatable bonds is 4. The standard InChI is InChI=1S/C11H9FN2O2S/c12-10-2-1-9(14(15)16)5-11(10)13-6-8-3-4-17-7-8/h1-5,7,13H,6H2. The lowest BCUT2D eigenvalue weighted by Gasteiger charge is -2.05. The number of nitrogens with one attached hydrogen (secondary N) is 1. The molecule has 0 radical (unpaired) electrons. The van der Waals surface area contributed by atoms with Crippen molar-refractivity contribution < 1.29 is 9.31 Å². The van der Waals surface area contributed by atoms with Gasteiger partial charge in [-0.05, 0) is 28.5 Å². The number of nitrogens with zero attached hydrogens (tertiary/aromatic N) is 1. The Morgan fingerprint density at radius 1 is 1.41 bits per heavy atom. The van der Waals surface area contributed by atoms with E-state index < -0.39 is 10.7 Å². The largest absolute Gasteiger partial charge is 0.378 e. The van der Waals surface area contributed by atoms with Gasteiger partial charge in [0.25, 0.3) is 5.69 Å². The molecule has 0 spiro atoms. The first-order chi connectivity index (χ1) is 8.16. The Hall–Kier alpha value is -1.95. The Morgan fingerprint density at radius 2 is 2.24 bits per heavy atom. The minimum Gasteiger partial charge on any atom is -0.378 e. The van der Waals surface area contributed by atoms with Crippen molar-refractivity contribution in [2.24, 2.45) is 0 Å². The van der Waals surface area contributed by atoms with Gasteiger partial charge in [-0.2, -0.15) is 11.3 Å². The van der Waals surface area contributed by atoms with Crippen LogP contribution in [0.2, 0.25) is 0 Å². The molecule has 0 amide bonds. The van der Waals surface area contributed by atoms with Crippen LogP contribution in [0.25, 0.3) is 0 Å². The first-order valence-electron chi connectivity index (χ1n) is 4.85. The quantitative estimate of drug-likeness (QED) is 0.670. The molecule has 0 unspecified atom stereocenters. The van der Waals surface area contributed by atoms with Crippen LogP contribution < -0.4 is 5.32 Å². The van der Waals surface area contributed by atoms with E-state index in [9.17, 15) is 14.5 Å². The van der Waals surface area contributed by atoms with Crippen LogP contribution in [0.15, 0.2) is 35.0 Å². The maximum absolute atomic E-state index is 13.4. The molecule has 0 bridgehead atoms. The summed E-state index contributed by atoms with van der Waals surface area (Å²) in [4.78, 5) is 10.0. The van der Waals surface area contributed by atoms with E-state index in [-0.39, 0.29) is 11.4 Å². The van der Waals surface area contributed by atoms with Gasteiger partial charge in [-0.3, -0.25) is 10.1 Å². The summed E-state index contributed by atoms with van der Waals surface area (Å²) in [6.45, 7) is 0.446. The molecule has 17 heavy (non-hydrogen) atoms. The molecule has 6 heteroatoms. The Labute approximate surface area is 101 Å². The van der Waals surface area contributed by atoms with Crippen molar-refractivity contribution >= 4 is 22.7 Å². The monoisotopic (exact) mass is 252 g/mol. The molecular weight excluding hydrogens is 243 g/mol. The molecule has 2 rings (SSSR count). The van der Waals surface area contributed by atoms with Gasteiger partial charge in [0.05, 0.1) is 10.6 Å². The van der Waals surface area contributed by atoms with Crippen molar-refractivity contribution in [3.05, 3.63) is 56.5 Å². The summed E-state index contributed by atoms with van der Waals surface area (Å²) in [5.41, 5.74) is 1.03. The first kappa shape index (κ1) is 11.5. The Balaban J connectivity index is 2.14. The molecule has 1 heterocycles. The number of anilines is 1. The third kappa shape index (κ3) is 2.79. The lowest BCUT2D eigenvalue weighted by atomic mass is 10.2. The number of nitro groups is 1. The van der Waals surface area contributed by atoms with Gasteiger partial charge in [0, 0.05) is 18.7 Å². The normalized spacial score (nSPS) is 10.2. The van der Waals surface area contributed by atoms with Gasteiger partial charge in [0.1, 0.15) is 5.82 Å². The Kier molecular flexibility index (Phi) is 3.34. The third-order valence-electron chi connectivity index (χ3n) is 2.22. The van der Waals surface area contributed by atoms with Crippen LogP contribution in [-0.2, 0) is 6.54 Å². The predicted octanol–water partition coefficient (Wildman–Crippen LogP) is 3.41. The van der Waals surface area contributed by atoms with Gasteiger partial charge in [0.15, 0.2) is 0 Å². The molecule has 1 N–H and O–H groups in total. The van der Waals surface area contributed by atoms with Crippen molar-refractivity contribution in [1.29, 1.82) is 0 Å². The van der Waals surface area contributed by atoms with Gasteiger partial charge in [-0.1, -0.05) is 0 Å². The van der Waals surface area contributed by atoms with E-state index in [1.165, 1.54) is 6.07 Å². The molecular formula is C11H9FN2O2S. The zero-order valence-electron chi connectivity index (χ0n) is 8.72. The van der Waals surface area contributed by atoms with Crippen LogP contribution in [0, 0.1) is 15.9 Å². The lowest BCUT2D eigenvalue weighted by Crippen LogP contribution is -2.01. The van der Waals surface area contributed by atoms with E-state index in [1.54, 1.807) is 11.3 Å². The fourth-order valence-corrected chi connectivity index (χ4v) is 2.02. The van der Waals surface area contributed by atoms with Crippen LogP contribution in [-0.4, -0.2) is 4.92 Å². The van der Waals surface area contributed by atoms with E-state index in [0.29, 0.717) is 6.54 Å². The van der Waals surface area contributed by atoms with Gasteiger partial charge in [-0.25, -0.2) is 4.39 Å². The van der Waals surface area contributed by atoms with E-state index in [1.807, 2.05) is 16.8 Å². The maximum atomic E-state index is 13.4. The lowest BCUT2D eigenvalue weighted by molar-refractivity contribution is -0.384. The van der Waals surface area contributed by atoms with Crippen molar-refractivity contribution in [1.82, 2.24) is 0 Å². The highest BCUT2D eigenvalue weighted by Crippen LogP contribution is 2.22. The number of thiophene rings is 1. The molecule has 2 aromatic rings. The van der Waals surface area contributed by atoms with E-state index in [2.05, 4.69) is 5.32 Å². The average Bonchev–Trinajstić information content (AvgIpc) is 2.80. The minimum absolute atomic E-state index is 0.126.